The summed E-state index contributed by atoms with van der Waals surface area (Å²) in [5.41, 5.74) is 3.59. The van der Waals surface area contributed by atoms with Gasteiger partial charge in [-0.1, -0.05) is 18.2 Å². The number of non-ortho nitro benzene ring substituents is 1. The van der Waals surface area contributed by atoms with E-state index in [2.05, 4.69) is 10.5 Å². The van der Waals surface area contributed by atoms with E-state index in [1.807, 2.05) is 0 Å². The molecule has 1 heterocycles. The Balaban J connectivity index is 1.79. The van der Waals surface area contributed by atoms with E-state index in [9.17, 15) is 20.0 Å². The molecule has 0 saturated carbocycles. The molecule has 0 saturated heterocycles. The van der Waals surface area contributed by atoms with E-state index in [1.54, 1.807) is 25.1 Å². The highest BCUT2D eigenvalue weighted by Crippen LogP contribution is 2.32. The Morgan fingerprint density at radius 3 is 2.80 bits per heavy atom. The van der Waals surface area contributed by atoms with Crippen molar-refractivity contribution >= 4 is 28.8 Å². The average Bonchev–Trinajstić information content (AvgIpc) is 2.93. The molecule has 126 valence electrons. The Bertz CT molecular complexity index is 1010. The summed E-state index contributed by atoms with van der Waals surface area (Å²) in [5.74, 6) is -0.527. The van der Waals surface area contributed by atoms with Crippen molar-refractivity contribution in [3.8, 4) is 5.75 Å². The molecule has 0 atom stereocenters. The number of nitrogens with zero attached hydrogens (tertiary/aromatic N) is 2. The number of phenols is 1. The van der Waals surface area contributed by atoms with Crippen molar-refractivity contribution in [3.63, 3.8) is 0 Å². The number of hydrazone groups is 1. The highest BCUT2D eigenvalue weighted by Gasteiger charge is 2.19. The highest BCUT2D eigenvalue weighted by molar-refractivity contribution is 6.00. The zero-order valence-corrected chi connectivity index (χ0v) is 13.1. The Labute approximate surface area is 141 Å². The van der Waals surface area contributed by atoms with Crippen LogP contribution in [0, 0.1) is 17.0 Å². The van der Waals surface area contributed by atoms with E-state index in [1.165, 1.54) is 30.5 Å². The standard InChI is InChI=1S/C17H13N3O5/c1-10-15-13(21)6-3-7-14(15)25-16(10)17(22)19-18-9-11-4-2-5-12(8-11)20(23)24/h2-9,21H,1H3,(H,19,22)/b18-9+. The number of rotatable bonds is 4. The highest BCUT2D eigenvalue weighted by atomic mass is 16.6. The van der Waals surface area contributed by atoms with Gasteiger partial charge in [0.2, 0.25) is 0 Å². The van der Waals surface area contributed by atoms with Gasteiger partial charge < -0.3 is 9.52 Å². The molecular weight excluding hydrogens is 326 g/mol. The van der Waals surface area contributed by atoms with Crippen LogP contribution in [0.5, 0.6) is 5.75 Å². The predicted molar refractivity (Wildman–Crippen MR) is 90.8 cm³/mol. The fourth-order valence-electron chi connectivity index (χ4n) is 2.43. The number of nitro benzene ring substituents is 1. The number of nitrogens with one attached hydrogen (secondary N) is 1. The molecule has 0 radical (unpaired) electrons. The van der Waals surface area contributed by atoms with E-state index >= 15 is 0 Å². The smallest absolute Gasteiger partial charge is 0.307 e. The maximum atomic E-state index is 12.2. The fraction of sp³-hybridized carbons (Fsp3) is 0.0588. The van der Waals surface area contributed by atoms with Gasteiger partial charge in [0.05, 0.1) is 16.5 Å². The first-order chi connectivity index (χ1) is 12.0. The van der Waals surface area contributed by atoms with Crippen LogP contribution in [0.3, 0.4) is 0 Å². The molecule has 0 unspecified atom stereocenters. The number of aromatic hydroxyl groups is 1. The number of nitro groups is 1. The molecule has 2 N–H and O–H groups in total. The SMILES string of the molecule is Cc1c(C(=O)N/N=C/c2cccc([N+](=O)[O-])c2)oc2cccc(O)c12. The van der Waals surface area contributed by atoms with Crippen LogP contribution in [0.15, 0.2) is 52.0 Å². The third-order valence-corrected chi connectivity index (χ3v) is 3.60. The summed E-state index contributed by atoms with van der Waals surface area (Å²) < 4.78 is 5.46. The summed E-state index contributed by atoms with van der Waals surface area (Å²) in [6, 6.07) is 10.6. The fourth-order valence-corrected chi connectivity index (χ4v) is 2.43. The topological polar surface area (TPSA) is 118 Å². The molecular formula is C17H13N3O5. The van der Waals surface area contributed by atoms with Gasteiger partial charge >= 0.3 is 5.91 Å². The summed E-state index contributed by atoms with van der Waals surface area (Å²) in [6.07, 6.45) is 1.29. The Morgan fingerprint density at radius 1 is 1.32 bits per heavy atom. The Kier molecular flexibility index (Phi) is 4.17. The van der Waals surface area contributed by atoms with Gasteiger partial charge in [0, 0.05) is 23.3 Å². The molecule has 3 rings (SSSR count). The third kappa shape index (κ3) is 3.18. The van der Waals surface area contributed by atoms with Gasteiger partial charge in [-0.25, -0.2) is 5.43 Å². The maximum Gasteiger partial charge on any atom is 0.307 e. The van der Waals surface area contributed by atoms with Gasteiger partial charge in [-0.15, -0.1) is 0 Å². The minimum absolute atomic E-state index is 0.0258. The summed E-state index contributed by atoms with van der Waals surface area (Å²) in [4.78, 5) is 22.4. The normalized spacial score (nSPS) is 11.1. The number of furan rings is 1. The number of aryl methyl sites for hydroxylation is 1. The molecule has 0 aliphatic rings. The molecule has 0 spiro atoms. The van der Waals surface area contributed by atoms with Gasteiger partial charge in [-0.05, 0) is 19.1 Å². The van der Waals surface area contributed by atoms with Gasteiger partial charge in [0.25, 0.3) is 5.69 Å². The lowest BCUT2D eigenvalue weighted by Gasteiger charge is -1.98. The zero-order valence-electron chi connectivity index (χ0n) is 13.1. The molecule has 8 heteroatoms. The number of phenolic OH excluding ortho intramolecular Hbond substituents is 1. The summed E-state index contributed by atoms with van der Waals surface area (Å²) in [6.45, 7) is 1.66. The number of fused-ring (bicyclic) bond motifs is 1. The molecule has 2 aromatic carbocycles. The lowest BCUT2D eigenvalue weighted by atomic mass is 10.1. The first kappa shape index (κ1) is 16.2. The Morgan fingerprint density at radius 2 is 2.08 bits per heavy atom. The minimum Gasteiger partial charge on any atom is -0.507 e. The maximum absolute atomic E-state index is 12.2. The number of amides is 1. The number of carbonyl (C=O) groups excluding carboxylic acids is 1. The van der Waals surface area contributed by atoms with E-state index in [0.717, 1.165) is 0 Å². The molecule has 25 heavy (non-hydrogen) atoms. The molecule has 0 bridgehead atoms. The van der Waals surface area contributed by atoms with Crippen molar-refractivity contribution in [2.45, 2.75) is 6.92 Å². The summed E-state index contributed by atoms with van der Waals surface area (Å²) >= 11 is 0. The van der Waals surface area contributed by atoms with Crippen LogP contribution < -0.4 is 5.43 Å². The number of carbonyl (C=O) groups is 1. The second kappa shape index (κ2) is 6.44. The van der Waals surface area contributed by atoms with Crippen LogP contribution in [-0.2, 0) is 0 Å². The van der Waals surface area contributed by atoms with Crippen molar-refractivity contribution in [2.24, 2.45) is 5.10 Å². The molecule has 3 aromatic rings. The second-order valence-electron chi connectivity index (χ2n) is 5.26. The number of benzene rings is 2. The first-order valence-electron chi connectivity index (χ1n) is 7.26. The van der Waals surface area contributed by atoms with Crippen molar-refractivity contribution < 1.29 is 19.2 Å². The van der Waals surface area contributed by atoms with Gasteiger partial charge in [0.1, 0.15) is 11.3 Å². The molecule has 0 aliphatic carbocycles. The predicted octanol–water partition coefficient (Wildman–Crippen LogP) is 3.12. The molecule has 1 aromatic heterocycles. The molecule has 1 amide bonds. The largest absolute Gasteiger partial charge is 0.507 e. The zero-order chi connectivity index (χ0) is 18.0. The van der Waals surface area contributed by atoms with Crippen LogP contribution in [-0.4, -0.2) is 22.2 Å². The monoisotopic (exact) mass is 339 g/mol. The van der Waals surface area contributed by atoms with Crippen LogP contribution in [0.1, 0.15) is 21.7 Å². The van der Waals surface area contributed by atoms with E-state index < -0.39 is 10.8 Å². The van der Waals surface area contributed by atoms with Crippen LogP contribution in [0.25, 0.3) is 11.0 Å². The van der Waals surface area contributed by atoms with Crippen LogP contribution in [0.4, 0.5) is 5.69 Å². The van der Waals surface area contributed by atoms with Gasteiger partial charge in [-0.2, -0.15) is 5.10 Å². The van der Waals surface area contributed by atoms with Crippen LogP contribution in [0.2, 0.25) is 0 Å². The molecule has 8 nitrogen and oxygen atoms in total. The summed E-state index contributed by atoms with van der Waals surface area (Å²) in [7, 11) is 0. The van der Waals surface area contributed by atoms with Crippen molar-refractivity contribution in [3.05, 3.63) is 69.5 Å². The number of hydrogen-bond donors (Lipinski definition) is 2. The lowest BCUT2D eigenvalue weighted by molar-refractivity contribution is -0.384. The lowest BCUT2D eigenvalue weighted by Crippen LogP contribution is -2.17. The third-order valence-electron chi connectivity index (χ3n) is 3.60. The van der Waals surface area contributed by atoms with Gasteiger partial charge in [-0.3, -0.25) is 14.9 Å². The minimum atomic E-state index is -0.588. The Hall–Kier alpha value is -3.68. The van der Waals surface area contributed by atoms with E-state index in [-0.39, 0.29) is 17.2 Å². The average molecular weight is 339 g/mol. The first-order valence-corrected chi connectivity index (χ1v) is 7.26. The second-order valence-corrected chi connectivity index (χ2v) is 5.26. The summed E-state index contributed by atoms with van der Waals surface area (Å²) in [5, 5.41) is 24.8. The van der Waals surface area contributed by atoms with Gasteiger partial charge in [0.15, 0.2) is 5.76 Å². The van der Waals surface area contributed by atoms with Crippen molar-refractivity contribution in [2.75, 3.05) is 0 Å². The van der Waals surface area contributed by atoms with E-state index in [0.29, 0.717) is 22.1 Å². The quantitative estimate of drug-likeness (QED) is 0.430. The van der Waals surface area contributed by atoms with E-state index in [4.69, 9.17) is 4.42 Å². The number of hydrogen-bond acceptors (Lipinski definition) is 6. The van der Waals surface area contributed by atoms with Crippen molar-refractivity contribution in [1.29, 1.82) is 0 Å². The van der Waals surface area contributed by atoms with Crippen molar-refractivity contribution in [1.82, 2.24) is 5.43 Å². The molecule has 0 fully saturated rings. The van der Waals surface area contributed by atoms with Crippen LogP contribution >= 0.6 is 0 Å². The molecule has 0 aliphatic heterocycles.